The molecule has 0 saturated carbocycles. The Hall–Kier alpha value is -2.00. The van der Waals surface area contributed by atoms with Crippen molar-refractivity contribution in [3.63, 3.8) is 0 Å². The average molecular weight is 888 g/mol. The van der Waals surface area contributed by atoms with Crippen LogP contribution in [0.3, 0.4) is 0 Å². The van der Waals surface area contributed by atoms with Crippen LogP contribution in [-0.4, -0.2) is 10.7 Å². The van der Waals surface area contributed by atoms with Crippen LogP contribution in [-0.2, 0) is 58.9 Å². The minimum Gasteiger partial charge on any atom is -0.348 e. The molecule has 58 heavy (non-hydrogen) atoms. The minimum atomic E-state index is 0. The number of hydrogen-bond donors (Lipinski definition) is 0. The van der Waals surface area contributed by atoms with Crippen LogP contribution in [0.15, 0.2) is 35.4 Å². The van der Waals surface area contributed by atoms with Gasteiger partial charge in [-0.2, -0.15) is 12.8 Å². The van der Waals surface area contributed by atoms with E-state index in [1.807, 2.05) is 0 Å². The van der Waals surface area contributed by atoms with Gasteiger partial charge in [0.25, 0.3) is 0 Å². The Balaban J connectivity index is 0. The van der Waals surface area contributed by atoms with Gasteiger partial charge >= 0.3 is 26.3 Å². The van der Waals surface area contributed by atoms with Crippen LogP contribution in [0.2, 0.25) is 0 Å². The average Bonchev–Trinajstić information content (AvgIpc) is 3.22. The Kier molecular flexibility index (Phi) is 39.2. The zero-order valence-electron chi connectivity index (χ0n) is 40.0. The smallest absolute Gasteiger partial charge is 0.348 e. The molecule has 0 saturated heterocycles. The van der Waals surface area contributed by atoms with Crippen LogP contribution in [0.5, 0.6) is 0 Å². The van der Waals surface area contributed by atoms with Crippen molar-refractivity contribution in [3.05, 3.63) is 99.3 Å². The van der Waals surface area contributed by atoms with Gasteiger partial charge in [0.15, 0.2) is 0 Å². The maximum absolute atomic E-state index is 10.0. The van der Waals surface area contributed by atoms with Gasteiger partial charge in [0, 0.05) is 0 Å². The van der Waals surface area contributed by atoms with Crippen LogP contribution in [0.4, 0.5) is 0 Å². The molecule has 0 bridgehead atoms. The summed E-state index contributed by atoms with van der Waals surface area (Å²) in [6, 6.07) is 10.3. The van der Waals surface area contributed by atoms with Gasteiger partial charge in [0.2, 0.25) is 0 Å². The fraction of sp³-hybridized carbons (Fsp3) is 0.673. The number of hydrogen-bond acceptors (Lipinski definition) is 0. The molecule has 0 aromatic heterocycles. The number of unbranched alkanes of at least 4 members (excludes halogenated alkanes) is 9. The summed E-state index contributed by atoms with van der Waals surface area (Å²) in [6.07, 6.45) is 31.2. The van der Waals surface area contributed by atoms with E-state index < -0.39 is 0 Å². The largest absolute Gasteiger partial charge is 2.00 e. The normalized spacial score (nSPS) is 11.0. The van der Waals surface area contributed by atoms with Gasteiger partial charge in [-0.15, -0.1) is 4.79 Å². The number of rotatable bonds is 28. The summed E-state index contributed by atoms with van der Waals surface area (Å²) >= 11 is 0. The molecule has 2 aromatic carbocycles. The quantitative estimate of drug-likeness (QED) is 0.0155. The second-order valence-electron chi connectivity index (χ2n) is 16.3. The fourth-order valence-electron chi connectivity index (χ4n) is 7.65. The Morgan fingerprint density at radius 3 is 1.24 bits per heavy atom. The Bertz CT molecular complexity index is 1370. The first kappa shape index (κ1) is 58.1. The van der Waals surface area contributed by atoms with Crippen molar-refractivity contribution in [2.45, 2.75) is 243 Å². The van der Waals surface area contributed by atoms with E-state index in [1.165, 1.54) is 106 Å². The van der Waals surface area contributed by atoms with Gasteiger partial charge < -0.3 is 19.4 Å². The van der Waals surface area contributed by atoms with E-state index in [0.717, 1.165) is 95.5 Å². The van der Waals surface area contributed by atoms with Gasteiger partial charge in [-0.05, 0) is 139 Å². The second kappa shape index (κ2) is 39.2. The summed E-state index contributed by atoms with van der Waals surface area (Å²) in [5.74, 6) is 3.18. The van der Waals surface area contributed by atoms with Crippen molar-refractivity contribution in [1.29, 1.82) is 0 Å². The summed E-state index contributed by atoms with van der Waals surface area (Å²) in [6.45, 7) is 30.0. The van der Waals surface area contributed by atoms with Crippen molar-refractivity contribution in [2.24, 2.45) is 0 Å². The molecule has 0 aliphatic heterocycles. The maximum Gasteiger partial charge on any atom is 2.00 e. The summed E-state index contributed by atoms with van der Waals surface area (Å²) in [4.78, 5) is 3.61. The standard InChI is InChI=1S/C47H74N2.2C4H9.Pd/c1-9-17-22-23-29-41(36-49-48)46(31-21-13-5)47(42-32-37(24-14-6)44(26-16-8)38(33-42)25-15-7)43-34-39(27-18-10-2)45(30-20-12-4)40(35-43)28-19-11-3;2*1-3-4-2;/h32-35H,9-31H2,1-8H3;2*1,3-4H2,2H3;/q;2*-1;+2. The van der Waals surface area contributed by atoms with Crippen LogP contribution >= 0.6 is 0 Å². The Labute approximate surface area is 376 Å². The van der Waals surface area contributed by atoms with E-state index in [-0.39, 0.29) is 20.4 Å². The van der Waals surface area contributed by atoms with Crippen molar-refractivity contribution in [3.8, 4) is 0 Å². The first-order chi connectivity index (χ1) is 27.8. The number of benzene rings is 2. The number of aryl methyl sites for hydroxylation is 4. The van der Waals surface area contributed by atoms with E-state index >= 15 is 0 Å². The summed E-state index contributed by atoms with van der Waals surface area (Å²) in [7, 11) is 0. The molecule has 0 amide bonds. The molecule has 0 radical (unpaired) electrons. The molecule has 0 aliphatic rings. The molecular formula is C55H92N2Pd. The minimum absolute atomic E-state index is 0. The van der Waals surface area contributed by atoms with Crippen molar-refractivity contribution in [1.82, 2.24) is 0 Å². The fourth-order valence-corrected chi connectivity index (χ4v) is 7.65. The summed E-state index contributed by atoms with van der Waals surface area (Å²) in [5, 5.41) is 0. The van der Waals surface area contributed by atoms with E-state index in [1.54, 1.807) is 33.4 Å². The van der Waals surface area contributed by atoms with E-state index in [0.29, 0.717) is 0 Å². The topological polar surface area (TPSA) is 36.4 Å². The molecule has 0 heterocycles. The zero-order chi connectivity index (χ0) is 42.7. The molecule has 3 heteroatoms. The second-order valence-corrected chi connectivity index (χ2v) is 16.3. The van der Waals surface area contributed by atoms with Crippen LogP contribution < -0.4 is 0 Å². The molecule has 0 atom stereocenters. The van der Waals surface area contributed by atoms with Crippen molar-refractivity contribution < 1.29 is 25.2 Å². The van der Waals surface area contributed by atoms with E-state index in [2.05, 4.69) is 118 Å². The molecular weight excluding hydrogens is 795 g/mol. The molecule has 0 aliphatic carbocycles. The molecule has 2 nitrogen and oxygen atoms in total. The molecule has 0 spiro atoms. The van der Waals surface area contributed by atoms with Crippen molar-refractivity contribution in [2.75, 3.05) is 0 Å². The Morgan fingerprint density at radius 2 is 0.862 bits per heavy atom. The number of nitrogens with zero attached hydrogens (tertiary/aromatic N) is 2. The predicted octanol–water partition coefficient (Wildman–Crippen LogP) is 17.6. The number of allylic oxidation sites excluding steroid dienone is 2. The molecule has 2 rings (SSSR count). The van der Waals surface area contributed by atoms with Crippen molar-refractivity contribution >= 4 is 11.4 Å². The van der Waals surface area contributed by atoms with Gasteiger partial charge in [-0.3, -0.25) is 0 Å². The van der Waals surface area contributed by atoms with E-state index in [9.17, 15) is 5.53 Å². The van der Waals surface area contributed by atoms with Gasteiger partial charge in [0.1, 0.15) is 0 Å². The zero-order valence-corrected chi connectivity index (χ0v) is 41.6. The Morgan fingerprint density at radius 1 is 0.466 bits per heavy atom. The van der Waals surface area contributed by atoms with E-state index in [4.69, 9.17) is 0 Å². The first-order valence-electron chi connectivity index (χ1n) is 24.4. The molecule has 332 valence electrons. The van der Waals surface area contributed by atoms with Crippen LogP contribution in [0.25, 0.3) is 11.1 Å². The molecule has 0 fully saturated rings. The third kappa shape index (κ3) is 22.6. The molecule has 0 unspecified atom stereocenters. The molecule has 2 aromatic rings. The summed E-state index contributed by atoms with van der Waals surface area (Å²) < 4.78 is 0. The predicted molar refractivity (Wildman–Crippen MR) is 258 cm³/mol. The van der Waals surface area contributed by atoms with Gasteiger partial charge in [0.05, 0.1) is 5.57 Å². The van der Waals surface area contributed by atoms with Crippen LogP contribution in [0, 0.1) is 13.8 Å². The van der Waals surface area contributed by atoms with Gasteiger partial charge in [-0.25, -0.2) is 0 Å². The third-order valence-corrected chi connectivity index (χ3v) is 11.0. The first-order valence-corrected chi connectivity index (χ1v) is 24.4. The van der Waals surface area contributed by atoms with Crippen LogP contribution in [0.1, 0.15) is 249 Å². The summed E-state index contributed by atoms with van der Waals surface area (Å²) in [5.41, 5.74) is 26.1. The monoisotopic (exact) mass is 887 g/mol. The van der Waals surface area contributed by atoms with Gasteiger partial charge in [-0.1, -0.05) is 171 Å². The molecule has 0 N–H and O–H groups in total. The third-order valence-electron chi connectivity index (χ3n) is 11.0. The maximum atomic E-state index is 10.0. The SMILES string of the molecule is CCCCCCC(=C=[N+]=[N-])C(CCCC)=C(c1cc(CCC)c(CCC)c(CCC)c1)c1cc(CCCC)c(CCCC)c(CCCC)c1.[CH2-]CCC.[CH2-]CCC.[Pd+2].